The van der Waals surface area contributed by atoms with Crippen LogP contribution in [0.2, 0.25) is 4.47 Å². The van der Waals surface area contributed by atoms with Gasteiger partial charge in [0.25, 0.3) is 0 Å². The lowest BCUT2D eigenvalue weighted by Gasteiger charge is -2.09. The van der Waals surface area contributed by atoms with E-state index in [4.69, 9.17) is 16.3 Å². The van der Waals surface area contributed by atoms with E-state index in [0.717, 1.165) is 22.1 Å². The summed E-state index contributed by atoms with van der Waals surface area (Å²) in [7, 11) is 0. The second-order valence-corrected chi connectivity index (χ2v) is 6.07. The average molecular weight is 317 g/mol. The highest BCUT2D eigenvalue weighted by atomic mass is 35.5. The molecule has 0 saturated carbocycles. The van der Waals surface area contributed by atoms with Gasteiger partial charge in [-0.25, -0.2) is 4.98 Å². The molecule has 0 saturated heterocycles. The Morgan fingerprint density at radius 1 is 1.05 bits per heavy atom. The zero-order chi connectivity index (χ0) is 14.5. The molecule has 0 atom stereocenters. The van der Waals surface area contributed by atoms with E-state index in [1.807, 2.05) is 54.6 Å². The maximum Gasteiger partial charge on any atom is 0.183 e. The van der Waals surface area contributed by atoms with Crippen molar-refractivity contribution in [1.82, 2.24) is 4.98 Å². The Labute approximate surface area is 132 Å². The number of anilines is 1. The number of thiazole rings is 1. The van der Waals surface area contributed by atoms with Gasteiger partial charge in [0.2, 0.25) is 0 Å². The summed E-state index contributed by atoms with van der Waals surface area (Å²) in [6.45, 7) is 0.694. The van der Waals surface area contributed by atoms with Gasteiger partial charge in [-0.1, -0.05) is 35.9 Å². The van der Waals surface area contributed by atoms with Crippen LogP contribution >= 0.6 is 22.9 Å². The predicted molar refractivity (Wildman–Crippen MR) is 87.4 cm³/mol. The van der Waals surface area contributed by atoms with Gasteiger partial charge in [-0.15, -0.1) is 11.3 Å². The molecule has 1 heterocycles. The van der Waals surface area contributed by atoms with Crippen molar-refractivity contribution in [3.63, 3.8) is 0 Å². The number of benzene rings is 2. The minimum Gasteiger partial charge on any atom is -0.457 e. The van der Waals surface area contributed by atoms with Crippen molar-refractivity contribution < 1.29 is 4.74 Å². The predicted octanol–water partition coefficient (Wildman–Crippen LogP) is 5.20. The number of para-hydroxylation sites is 1. The van der Waals surface area contributed by atoms with Gasteiger partial charge in [0.05, 0.1) is 6.54 Å². The summed E-state index contributed by atoms with van der Waals surface area (Å²) in [6.07, 6.45) is 1.78. The van der Waals surface area contributed by atoms with Crippen LogP contribution in [0.25, 0.3) is 0 Å². The highest BCUT2D eigenvalue weighted by molar-refractivity contribution is 7.15. The molecule has 3 rings (SSSR count). The first-order valence-electron chi connectivity index (χ1n) is 6.47. The van der Waals surface area contributed by atoms with Crippen molar-refractivity contribution in [2.75, 3.05) is 5.32 Å². The Hall–Kier alpha value is -2.04. The fraction of sp³-hybridized carbons (Fsp3) is 0.0625. The third-order valence-corrected chi connectivity index (χ3v) is 3.92. The molecule has 106 valence electrons. The van der Waals surface area contributed by atoms with Gasteiger partial charge < -0.3 is 10.1 Å². The zero-order valence-electron chi connectivity index (χ0n) is 11.1. The smallest absolute Gasteiger partial charge is 0.183 e. The Kier molecular flexibility index (Phi) is 4.38. The molecule has 1 aromatic heterocycles. The lowest BCUT2D eigenvalue weighted by molar-refractivity contribution is 0.483. The summed E-state index contributed by atoms with van der Waals surface area (Å²) in [5.74, 6) is 1.62. The first kappa shape index (κ1) is 13.9. The van der Waals surface area contributed by atoms with E-state index in [0.29, 0.717) is 11.0 Å². The maximum atomic E-state index is 5.82. The first-order chi connectivity index (χ1) is 10.3. The fourth-order valence-corrected chi connectivity index (χ4v) is 2.77. The molecular formula is C16H13ClN2OS. The SMILES string of the molecule is Clc1ncc(CNc2cccc(Oc3ccccc3)c2)s1. The molecule has 5 heteroatoms. The second-order valence-electron chi connectivity index (χ2n) is 4.38. The number of nitrogens with zero attached hydrogens (tertiary/aromatic N) is 1. The summed E-state index contributed by atoms with van der Waals surface area (Å²) >= 11 is 7.29. The maximum absolute atomic E-state index is 5.82. The molecule has 0 radical (unpaired) electrons. The van der Waals surface area contributed by atoms with E-state index in [2.05, 4.69) is 10.3 Å². The van der Waals surface area contributed by atoms with E-state index in [1.54, 1.807) is 6.20 Å². The quantitative estimate of drug-likeness (QED) is 0.702. The number of hydrogen-bond acceptors (Lipinski definition) is 4. The number of nitrogens with one attached hydrogen (secondary N) is 1. The van der Waals surface area contributed by atoms with Crippen molar-refractivity contribution >= 4 is 28.6 Å². The molecule has 3 nitrogen and oxygen atoms in total. The topological polar surface area (TPSA) is 34.2 Å². The van der Waals surface area contributed by atoms with Crippen LogP contribution in [0.1, 0.15) is 4.88 Å². The summed E-state index contributed by atoms with van der Waals surface area (Å²) in [6, 6.07) is 17.6. The van der Waals surface area contributed by atoms with Crippen LogP contribution in [0, 0.1) is 0 Å². The number of ether oxygens (including phenoxy) is 1. The molecular weight excluding hydrogens is 304 g/mol. The van der Waals surface area contributed by atoms with Crippen LogP contribution in [-0.4, -0.2) is 4.98 Å². The molecule has 3 aromatic rings. The molecule has 0 fully saturated rings. The van der Waals surface area contributed by atoms with Crippen molar-refractivity contribution in [2.24, 2.45) is 0 Å². The molecule has 0 bridgehead atoms. The van der Waals surface area contributed by atoms with Crippen LogP contribution in [0.4, 0.5) is 5.69 Å². The third kappa shape index (κ3) is 3.97. The number of aromatic nitrogens is 1. The van der Waals surface area contributed by atoms with E-state index in [9.17, 15) is 0 Å². The van der Waals surface area contributed by atoms with Gasteiger partial charge >= 0.3 is 0 Å². The summed E-state index contributed by atoms with van der Waals surface area (Å²) in [5, 5.41) is 3.33. The van der Waals surface area contributed by atoms with Crippen LogP contribution in [0.15, 0.2) is 60.8 Å². The van der Waals surface area contributed by atoms with Crippen molar-refractivity contribution in [2.45, 2.75) is 6.54 Å². The van der Waals surface area contributed by atoms with Gasteiger partial charge in [-0.2, -0.15) is 0 Å². The molecule has 0 unspecified atom stereocenters. The van der Waals surface area contributed by atoms with Gasteiger partial charge in [0.1, 0.15) is 11.5 Å². The highest BCUT2D eigenvalue weighted by Crippen LogP contribution is 2.25. The average Bonchev–Trinajstić information content (AvgIpc) is 2.92. The second kappa shape index (κ2) is 6.61. The molecule has 0 aliphatic rings. The van der Waals surface area contributed by atoms with Crippen molar-refractivity contribution in [3.05, 3.63) is 70.1 Å². The lowest BCUT2D eigenvalue weighted by atomic mass is 10.3. The Morgan fingerprint density at radius 2 is 1.86 bits per heavy atom. The Morgan fingerprint density at radius 3 is 2.62 bits per heavy atom. The van der Waals surface area contributed by atoms with E-state index in [-0.39, 0.29) is 0 Å². The normalized spacial score (nSPS) is 10.3. The van der Waals surface area contributed by atoms with Gasteiger partial charge in [0.15, 0.2) is 4.47 Å². The Bertz CT molecular complexity index is 715. The fourth-order valence-electron chi connectivity index (χ4n) is 1.85. The van der Waals surface area contributed by atoms with Crippen molar-refractivity contribution in [1.29, 1.82) is 0 Å². The van der Waals surface area contributed by atoms with Crippen molar-refractivity contribution in [3.8, 4) is 11.5 Å². The van der Waals surface area contributed by atoms with Crippen LogP contribution in [-0.2, 0) is 6.54 Å². The van der Waals surface area contributed by atoms with Crippen LogP contribution in [0.5, 0.6) is 11.5 Å². The summed E-state index contributed by atoms with van der Waals surface area (Å²) in [4.78, 5) is 5.11. The van der Waals surface area contributed by atoms with Crippen LogP contribution < -0.4 is 10.1 Å². The minimum atomic E-state index is 0.563. The van der Waals surface area contributed by atoms with E-state index in [1.165, 1.54) is 11.3 Å². The zero-order valence-corrected chi connectivity index (χ0v) is 12.7. The number of halogens is 1. The monoisotopic (exact) mass is 316 g/mol. The molecule has 0 aliphatic carbocycles. The number of hydrogen-bond donors (Lipinski definition) is 1. The molecule has 21 heavy (non-hydrogen) atoms. The molecule has 0 spiro atoms. The standard InChI is InChI=1S/C16H13ClN2OS/c17-16-19-11-15(21-16)10-18-12-5-4-8-14(9-12)20-13-6-2-1-3-7-13/h1-9,11,18H,10H2. The van der Waals surface area contributed by atoms with Gasteiger partial charge in [0, 0.05) is 22.8 Å². The lowest BCUT2D eigenvalue weighted by Crippen LogP contribution is -1.97. The molecule has 0 amide bonds. The number of rotatable bonds is 5. The largest absolute Gasteiger partial charge is 0.457 e. The van der Waals surface area contributed by atoms with Gasteiger partial charge in [-0.05, 0) is 24.3 Å². The van der Waals surface area contributed by atoms with Crippen LogP contribution in [0.3, 0.4) is 0 Å². The first-order valence-corrected chi connectivity index (χ1v) is 7.66. The third-order valence-electron chi connectivity index (χ3n) is 2.81. The van der Waals surface area contributed by atoms with E-state index < -0.39 is 0 Å². The van der Waals surface area contributed by atoms with E-state index >= 15 is 0 Å². The summed E-state index contributed by atoms with van der Waals surface area (Å²) < 4.78 is 6.37. The Balaban J connectivity index is 1.65. The van der Waals surface area contributed by atoms with Gasteiger partial charge in [-0.3, -0.25) is 0 Å². The highest BCUT2D eigenvalue weighted by Gasteiger charge is 2.01. The minimum absolute atomic E-state index is 0.563. The molecule has 2 aromatic carbocycles. The molecule has 0 aliphatic heterocycles. The summed E-state index contributed by atoms with van der Waals surface area (Å²) in [5.41, 5.74) is 0.993. The molecule has 1 N–H and O–H groups in total.